The summed E-state index contributed by atoms with van der Waals surface area (Å²) in [5.41, 5.74) is 3.55. The van der Waals surface area contributed by atoms with Gasteiger partial charge in [0.05, 0.1) is 11.1 Å². The van der Waals surface area contributed by atoms with E-state index in [0.717, 1.165) is 59.3 Å². The fourth-order valence-electron chi connectivity index (χ4n) is 4.70. The first-order valence-electron chi connectivity index (χ1n) is 11.4. The number of rotatable bonds is 5. The fourth-order valence-corrected chi connectivity index (χ4v) is 4.70. The highest BCUT2D eigenvalue weighted by atomic mass is 16.1. The Balaban J connectivity index is 1.95. The van der Waals surface area contributed by atoms with Gasteiger partial charge < -0.3 is 4.98 Å². The molecule has 0 spiro atoms. The molecule has 1 aliphatic rings. The maximum absolute atomic E-state index is 13.4. The molecule has 3 heterocycles. The van der Waals surface area contributed by atoms with E-state index in [4.69, 9.17) is 0 Å². The Bertz CT molecular complexity index is 1140. The van der Waals surface area contributed by atoms with Gasteiger partial charge in [-0.25, -0.2) is 4.68 Å². The minimum Gasteiger partial charge on any atom is -0.321 e. The van der Waals surface area contributed by atoms with Crippen molar-refractivity contribution in [2.24, 2.45) is 5.92 Å². The van der Waals surface area contributed by atoms with Crippen LogP contribution in [0.2, 0.25) is 0 Å². The van der Waals surface area contributed by atoms with Crippen LogP contribution in [0.15, 0.2) is 23.0 Å². The zero-order valence-electron chi connectivity index (χ0n) is 19.6. The predicted octanol–water partition coefficient (Wildman–Crippen LogP) is 4.10. The summed E-state index contributed by atoms with van der Waals surface area (Å²) in [4.78, 5) is 19.0. The molecule has 1 N–H and O–H groups in total. The van der Waals surface area contributed by atoms with Crippen LogP contribution in [0, 0.1) is 19.8 Å². The van der Waals surface area contributed by atoms with Gasteiger partial charge in [0.15, 0.2) is 5.82 Å². The lowest BCUT2D eigenvalue weighted by molar-refractivity contribution is 0.135. The minimum absolute atomic E-state index is 0.0618. The van der Waals surface area contributed by atoms with Crippen molar-refractivity contribution < 1.29 is 0 Å². The molecule has 0 saturated carbocycles. The summed E-state index contributed by atoms with van der Waals surface area (Å²) in [5, 5.41) is 14.0. The third kappa shape index (κ3) is 3.91. The highest BCUT2D eigenvalue weighted by molar-refractivity contribution is 5.85. The molecule has 4 rings (SSSR count). The lowest BCUT2D eigenvalue weighted by atomic mass is 9.94. The lowest BCUT2D eigenvalue weighted by Gasteiger charge is -2.37. The Kier molecular flexibility index (Phi) is 5.73. The average molecular weight is 423 g/mol. The van der Waals surface area contributed by atoms with Gasteiger partial charge in [-0.1, -0.05) is 26.0 Å². The molecule has 166 valence electrons. The number of hydrogen-bond acceptors (Lipinski definition) is 5. The molecule has 0 bridgehead atoms. The number of pyridine rings is 1. The number of nitrogens with one attached hydrogen (secondary N) is 1. The Morgan fingerprint density at radius 2 is 2.00 bits per heavy atom. The molecule has 1 aliphatic heterocycles. The standard InChI is InChI=1S/C24H34N6O/c1-7-24(5,6)30-22(26-27-28-30)21(29-12-8-9-15(2)14-29)19-13-18-16(3)10-11-17(4)20(18)25-23(19)31/h10-11,13,15,21H,7-9,12,14H2,1-6H3,(H,25,31)/t15-,21+/m1/s1. The number of tetrazole rings is 1. The second-order valence-electron chi connectivity index (χ2n) is 9.80. The van der Waals surface area contributed by atoms with Crippen LogP contribution in [0.1, 0.15) is 75.5 Å². The van der Waals surface area contributed by atoms with Crippen LogP contribution in [0.5, 0.6) is 0 Å². The molecular weight excluding hydrogens is 388 g/mol. The van der Waals surface area contributed by atoms with E-state index in [0.29, 0.717) is 5.92 Å². The van der Waals surface area contributed by atoms with Crippen molar-refractivity contribution in [3.8, 4) is 0 Å². The number of likely N-dealkylation sites (tertiary alicyclic amines) is 1. The van der Waals surface area contributed by atoms with Gasteiger partial charge in [0.1, 0.15) is 6.04 Å². The molecule has 1 aromatic carbocycles. The number of piperidine rings is 1. The summed E-state index contributed by atoms with van der Waals surface area (Å²) in [6, 6.07) is 5.96. The Morgan fingerprint density at radius 1 is 1.26 bits per heavy atom. The van der Waals surface area contributed by atoms with Gasteiger partial charge in [-0.15, -0.1) is 5.10 Å². The number of fused-ring (bicyclic) bond motifs is 1. The Morgan fingerprint density at radius 3 is 2.71 bits per heavy atom. The van der Waals surface area contributed by atoms with Gasteiger partial charge >= 0.3 is 0 Å². The minimum atomic E-state index is -0.281. The lowest BCUT2D eigenvalue weighted by Crippen LogP contribution is -2.42. The Labute approximate surface area is 183 Å². The van der Waals surface area contributed by atoms with Crippen molar-refractivity contribution >= 4 is 10.9 Å². The normalized spacial score (nSPS) is 19.1. The van der Waals surface area contributed by atoms with Gasteiger partial charge in [0.2, 0.25) is 0 Å². The molecule has 7 heteroatoms. The summed E-state index contributed by atoms with van der Waals surface area (Å²) in [6.45, 7) is 14.7. The molecule has 0 aliphatic carbocycles. The van der Waals surface area contributed by atoms with Crippen LogP contribution in [0.4, 0.5) is 0 Å². The van der Waals surface area contributed by atoms with E-state index in [2.05, 4.69) is 78.2 Å². The molecule has 0 radical (unpaired) electrons. The van der Waals surface area contributed by atoms with Gasteiger partial charge in [0.25, 0.3) is 5.56 Å². The molecule has 3 aromatic rings. The molecule has 2 aromatic heterocycles. The van der Waals surface area contributed by atoms with Crippen LogP contribution in [0.25, 0.3) is 10.9 Å². The topological polar surface area (TPSA) is 79.7 Å². The second-order valence-corrected chi connectivity index (χ2v) is 9.80. The van der Waals surface area contributed by atoms with E-state index < -0.39 is 0 Å². The summed E-state index contributed by atoms with van der Waals surface area (Å²) < 4.78 is 1.92. The maximum Gasteiger partial charge on any atom is 0.253 e. The number of nitrogens with zero attached hydrogens (tertiary/aromatic N) is 5. The molecule has 1 fully saturated rings. The molecule has 7 nitrogen and oxygen atoms in total. The highest BCUT2D eigenvalue weighted by Gasteiger charge is 2.35. The second kappa shape index (κ2) is 8.19. The van der Waals surface area contributed by atoms with Crippen LogP contribution in [-0.4, -0.2) is 43.2 Å². The molecular formula is C24H34N6O. The van der Waals surface area contributed by atoms with E-state index in [1.165, 1.54) is 6.42 Å². The number of benzene rings is 1. The first-order chi connectivity index (χ1) is 14.7. The summed E-state index contributed by atoms with van der Waals surface area (Å²) in [6.07, 6.45) is 3.21. The van der Waals surface area contributed by atoms with Crippen LogP contribution < -0.4 is 5.56 Å². The van der Waals surface area contributed by atoms with Gasteiger partial charge in [-0.05, 0) is 87.0 Å². The van der Waals surface area contributed by atoms with E-state index in [1.54, 1.807) is 0 Å². The van der Waals surface area contributed by atoms with Crippen LogP contribution in [-0.2, 0) is 5.54 Å². The average Bonchev–Trinajstić information content (AvgIpc) is 3.22. The monoisotopic (exact) mass is 422 g/mol. The van der Waals surface area contributed by atoms with Crippen molar-refractivity contribution in [3.63, 3.8) is 0 Å². The third-order valence-electron chi connectivity index (χ3n) is 7.00. The number of aryl methyl sites for hydroxylation is 2. The molecule has 2 atom stereocenters. The van der Waals surface area contributed by atoms with Gasteiger partial charge in [0, 0.05) is 17.5 Å². The van der Waals surface area contributed by atoms with Crippen LogP contribution in [0.3, 0.4) is 0 Å². The fraction of sp³-hybridized carbons (Fsp3) is 0.583. The quantitative estimate of drug-likeness (QED) is 0.670. The van der Waals surface area contributed by atoms with E-state index in [9.17, 15) is 4.79 Å². The molecule has 31 heavy (non-hydrogen) atoms. The van der Waals surface area contributed by atoms with E-state index in [-0.39, 0.29) is 17.1 Å². The molecule has 1 saturated heterocycles. The molecule has 0 unspecified atom stereocenters. The van der Waals surface area contributed by atoms with Crippen molar-refractivity contribution in [1.82, 2.24) is 30.1 Å². The van der Waals surface area contributed by atoms with Gasteiger partial charge in [-0.3, -0.25) is 9.69 Å². The SMILES string of the molecule is CCC(C)(C)n1nnnc1[C@H](c1cc2c(C)ccc(C)c2[nH]c1=O)N1CCC[C@@H](C)C1. The first kappa shape index (κ1) is 21.7. The van der Waals surface area contributed by atoms with E-state index >= 15 is 0 Å². The Hall–Kier alpha value is -2.54. The first-order valence-corrected chi connectivity index (χ1v) is 11.4. The summed E-state index contributed by atoms with van der Waals surface area (Å²) in [5.74, 6) is 1.32. The summed E-state index contributed by atoms with van der Waals surface area (Å²) in [7, 11) is 0. The molecule has 0 amide bonds. The number of H-pyrrole nitrogens is 1. The summed E-state index contributed by atoms with van der Waals surface area (Å²) >= 11 is 0. The zero-order valence-corrected chi connectivity index (χ0v) is 19.6. The van der Waals surface area contributed by atoms with Crippen molar-refractivity contribution in [1.29, 1.82) is 0 Å². The van der Waals surface area contributed by atoms with E-state index in [1.807, 2.05) is 11.6 Å². The highest BCUT2D eigenvalue weighted by Crippen LogP contribution is 2.33. The van der Waals surface area contributed by atoms with Crippen LogP contribution >= 0.6 is 0 Å². The van der Waals surface area contributed by atoms with Gasteiger partial charge in [-0.2, -0.15) is 0 Å². The number of aromatic amines is 1. The third-order valence-corrected chi connectivity index (χ3v) is 7.00. The maximum atomic E-state index is 13.4. The number of aromatic nitrogens is 5. The van der Waals surface area contributed by atoms with Crippen molar-refractivity contribution in [2.75, 3.05) is 13.1 Å². The smallest absolute Gasteiger partial charge is 0.253 e. The number of hydrogen-bond donors (Lipinski definition) is 1. The van der Waals surface area contributed by atoms with Crippen molar-refractivity contribution in [3.05, 3.63) is 51.1 Å². The van der Waals surface area contributed by atoms with Crippen molar-refractivity contribution in [2.45, 2.75) is 72.4 Å². The predicted molar refractivity (Wildman–Crippen MR) is 123 cm³/mol. The largest absolute Gasteiger partial charge is 0.321 e. The zero-order chi connectivity index (χ0) is 22.3.